The second-order valence-electron chi connectivity index (χ2n) is 5.11. The van der Waals surface area contributed by atoms with Gasteiger partial charge >= 0.3 is 5.97 Å². The molecule has 0 aliphatic carbocycles. The first-order chi connectivity index (χ1) is 9.78. The van der Waals surface area contributed by atoms with E-state index in [0.717, 1.165) is 0 Å². The van der Waals surface area contributed by atoms with Crippen molar-refractivity contribution in [2.75, 3.05) is 24.3 Å². The number of ether oxygens (including phenoxy) is 1. The minimum Gasteiger partial charge on any atom is -0.465 e. The Morgan fingerprint density at radius 2 is 2.14 bits per heavy atom. The fourth-order valence-electron chi connectivity index (χ4n) is 2.09. The van der Waals surface area contributed by atoms with Gasteiger partial charge in [-0.05, 0) is 19.9 Å². The van der Waals surface area contributed by atoms with Gasteiger partial charge in [-0.15, -0.1) is 0 Å². The monoisotopic (exact) mass is 292 g/mol. The van der Waals surface area contributed by atoms with Crippen molar-refractivity contribution in [3.8, 4) is 0 Å². The molecule has 0 unspecified atom stereocenters. The number of hydrogen-bond acceptors (Lipinski definition) is 7. The van der Waals surface area contributed by atoms with Gasteiger partial charge in [0, 0.05) is 6.20 Å². The number of esters is 1. The lowest BCUT2D eigenvalue weighted by Crippen LogP contribution is -2.64. The number of nitrogens with zero attached hydrogens (tertiary/aromatic N) is 2. The maximum Gasteiger partial charge on any atom is 0.340 e. The first kappa shape index (κ1) is 14.8. The molecule has 2 amide bonds. The van der Waals surface area contributed by atoms with Gasteiger partial charge in [-0.3, -0.25) is 14.9 Å². The fraction of sp³-hybridized carbons (Fsp3) is 0.385. The number of carbonyl (C=O) groups excluding carboxylic acids is 3. The summed E-state index contributed by atoms with van der Waals surface area (Å²) in [7, 11) is 1.24. The Hall–Kier alpha value is -2.64. The van der Waals surface area contributed by atoms with E-state index in [-0.39, 0.29) is 23.6 Å². The molecule has 1 saturated heterocycles. The zero-order valence-corrected chi connectivity index (χ0v) is 12.0. The number of anilines is 2. The van der Waals surface area contributed by atoms with Gasteiger partial charge in [-0.25, -0.2) is 9.78 Å². The van der Waals surface area contributed by atoms with Crippen LogP contribution in [-0.4, -0.2) is 42.0 Å². The van der Waals surface area contributed by atoms with E-state index in [1.807, 2.05) is 0 Å². The summed E-state index contributed by atoms with van der Waals surface area (Å²) in [5.74, 6) is -1.32. The van der Waals surface area contributed by atoms with Crippen molar-refractivity contribution in [3.63, 3.8) is 0 Å². The van der Waals surface area contributed by atoms with Gasteiger partial charge in [0.15, 0.2) is 5.82 Å². The summed E-state index contributed by atoms with van der Waals surface area (Å²) < 4.78 is 4.64. The smallest absolute Gasteiger partial charge is 0.340 e. The SMILES string of the molecule is COC(=O)c1ccnc(N2CC(=O)NC(=O)C2(C)C)c1N. The van der Waals surface area contributed by atoms with E-state index >= 15 is 0 Å². The minimum absolute atomic E-state index is 0.0694. The lowest BCUT2D eigenvalue weighted by atomic mass is 9.98. The molecule has 1 aliphatic rings. The molecule has 2 rings (SSSR count). The number of hydrogen-bond donors (Lipinski definition) is 2. The van der Waals surface area contributed by atoms with Gasteiger partial charge in [0.1, 0.15) is 5.54 Å². The van der Waals surface area contributed by atoms with E-state index in [1.54, 1.807) is 13.8 Å². The number of imide groups is 1. The molecule has 8 heteroatoms. The normalized spacial score (nSPS) is 17.4. The first-order valence-electron chi connectivity index (χ1n) is 6.23. The zero-order chi connectivity index (χ0) is 15.8. The largest absolute Gasteiger partial charge is 0.465 e. The standard InChI is InChI=1S/C13H16N4O4/c1-13(2)12(20)16-8(18)6-17(13)10-9(14)7(4-5-15-10)11(19)21-3/h4-5H,6,14H2,1-3H3,(H,16,18,20). The highest BCUT2D eigenvalue weighted by Gasteiger charge is 2.42. The Balaban J connectivity index is 2.52. The Bertz CT molecular complexity index is 627. The van der Waals surface area contributed by atoms with Crippen molar-refractivity contribution >= 4 is 29.3 Å². The number of piperazine rings is 1. The number of nitrogen functional groups attached to an aromatic ring is 1. The summed E-state index contributed by atoms with van der Waals surface area (Å²) in [6.45, 7) is 3.20. The molecule has 1 aromatic heterocycles. The molecule has 1 fully saturated rings. The average molecular weight is 292 g/mol. The van der Waals surface area contributed by atoms with Crippen LogP contribution in [0.2, 0.25) is 0 Å². The first-order valence-corrected chi connectivity index (χ1v) is 6.23. The van der Waals surface area contributed by atoms with Crippen molar-refractivity contribution in [2.24, 2.45) is 0 Å². The molecule has 0 atom stereocenters. The maximum absolute atomic E-state index is 12.0. The van der Waals surface area contributed by atoms with Crippen LogP contribution >= 0.6 is 0 Å². The van der Waals surface area contributed by atoms with Crippen molar-refractivity contribution in [1.29, 1.82) is 0 Å². The van der Waals surface area contributed by atoms with Crippen LogP contribution in [0.15, 0.2) is 12.3 Å². The van der Waals surface area contributed by atoms with E-state index in [2.05, 4.69) is 15.0 Å². The quantitative estimate of drug-likeness (QED) is 0.567. The fourth-order valence-corrected chi connectivity index (χ4v) is 2.09. The number of nitrogens with two attached hydrogens (primary N) is 1. The Morgan fingerprint density at radius 1 is 1.48 bits per heavy atom. The summed E-state index contributed by atoms with van der Waals surface area (Å²) >= 11 is 0. The molecule has 0 spiro atoms. The Labute approximate surface area is 121 Å². The Kier molecular flexibility index (Phi) is 3.54. The number of rotatable bonds is 2. The Morgan fingerprint density at radius 3 is 2.76 bits per heavy atom. The van der Waals surface area contributed by atoms with Gasteiger partial charge in [-0.1, -0.05) is 0 Å². The molecule has 1 aromatic rings. The highest BCUT2D eigenvalue weighted by atomic mass is 16.5. The third-order valence-electron chi connectivity index (χ3n) is 3.42. The van der Waals surface area contributed by atoms with Gasteiger partial charge in [0.2, 0.25) is 5.91 Å². The number of carbonyl (C=O) groups is 3. The number of nitrogens with one attached hydrogen (secondary N) is 1. The predicted molar refractivity (Wildman–Crippen MR) is 74.6 cm³/mol. The average Bonchev–Trinajstić information content (AvgIpc) is 2.43. The number of aromatic nitrogens is 1. The van der Waals surface area contributed by atoms with Crippen molar-refractivity contribution in [1.82, 2.24) is 10.3 Å². The molecular weight excluding hydrogens is 276 g/mol. The van der Waals surface area contributed by atoms with Crippen LogP contribution in [0, 0.1) is 0 Å². The van der Waals surface area contributed by atoms with Crippen LogP contribution in [-0.2, 0) is 14.3 Å². The number of amides is 2. The van der Waals surface area contributed by atoms with Crippen LogP contribution in [0.1, 0.15) is 24.2 Å². The predicted octanol–water partition coefficient (Wildman–Crippen LogP) is -0.308. The molecule has 0 radical (unpaired) electrons. The van der Waals surface area contributed by atoms with E-state index < -0.39 is 23.3 Å². The number of methoxy groups -OCH3 is 1. The maximum atomic E-state index is 12.0. The second-order valence-corrected chi connectivity index (χ2v) is 5.11. The highest BCUT2D eigenvalue weighted by molar-refractivity contribution is 6.07. The van der Waals surface area contributed by atoms with Crippen LogP contribution in [0.4, 0.5) is 11.5 Å². The molecule has 0 aromatic carbocycles. The van der Waals surface area contributed by atoms with Crippen LogP contribution in [0.5, 0.6) is 0 Å². The van der Waals surface area contributed by atoms with Gasteiger partial charge in [0.05, 0.1) is 24.9 Å². The second kappa shape index (κ2) is 5.04. The molecule has 8 nitrogen and oxygen atoms in total. The molecule has 112 valence electrons. The number of pyridine rings is 1. The van der Waals surface area contributed by atoms with Crippen LogP contribution < -0.4 is 16.0 Å². The molecule has 2 heterocycles. The summed E-state index contributed by atoms with van der Waals surface area (Å²) in [6, 6.07) is 1.42. The minimum atomic E-state index is -1.02. The lowest BCUT2D eigenvalue weighted by Gasteiger charge is -2.41. The third-order valence-corrected chi connectivity index (χ3v) is 3.42. The lowest BCUT2D eigenvalue weighted by molar-refractivity contribution is -0.135. The molecule has 0 bridgehead atoms. The zero-order valence-electron chi connectivity index (χ0n) is 12.0. The van der Waals surface area contributed by atoms with Gasteiger partial charge in [0.25, 0.3) is 5.91 Å². The third kappa shape index (κ3) is 2.39. The summed E-state index contributed by atoms with van der Waals surface area (Å²) in [4.78, 5) is 40.8. The van der Waals surface area contributed by atoms with E-state index in [4.69, 9.17) is 5.73 Å². The summed E-state index contributed by atoms with van der Waals surface area (Å²) in [5.41, 5.74) is 5.14. The summed E-state index contributed by atoms with van der Waals surface area (Å²) in [6.07, 6.45) is 1.38. The van der Waals surface area contributed by atoms with Crippen LogP contribution in [0.25, 0.3) is 0 Å². The molecule has 21 heavy (non-hydrogen) atoms. The molecule has 0 saturated carbocycles. The van der Waals surface area contributed by atoms with Crippen molar-refractivity contribution in [2.45, 2.75) is 19.4 Å². The topological polar surface area (TPSA) is 115 Å². The van der Waals surface area contributed by atoms with Crippen molar-refractivity contribution < 1.29 is 19.1 Å². The molecule has 1 aliphatic heterocycles. The van der Waals surface area contributed by atoms with Crippen LogP contribution in [0.3, 0.4) is 0 Å². The molecular formula is C13H16N4O4. The van der Waals surface area contributed by atoms with Gasteiger partial charge in [-0.2, -0.15) is 0 Å². The van der Waals surface area contributed by atoms with E-state index in [0.29, 0.717) is 0 Å². The summed E-state index contributed by atoms with van der Waals surface area (Å²) in [5, 5.41) is 2.26. The van der Waals surface area contributed by atoms with Gasteiger partial charge < -0.3 is 15.4 Å². The molecule has 3 N–H and O–H groups in total. The highest BCUT2D eigenvalue weighted by Crippen LogP contribution is 2.31. The van der Waals surface area contributed by atoms with E-state index in [1.165, 1.54) is 24.3 Å². The van der Waals surface area contributed by atoms with E-state index in [9.17, 15) is 14.4 Å². The van der Waals surface area contributed by atoms with Crippen molar-refractivity contribution in [3.05, 3.63) is 17.8 Å².